The maximum Gasteiger partial charge on any atom is 0.316 e. The zero-order chi connectivity index (χ0) is 12.9. The summed E-state index contributed by atoms with van der Waals surface area (Å²) in [4.78, 5) is 19.7. The lowest BCUT2D eigenvalue weighted by Crippen LogP contribution is -2.24. The summed E-state index contributed by atoms with van der Waals surface area (Å²) >= 11 is 1.33. The maximum atomic E-state index is 11.5. The molecule has 1 N–H and O–H groups in total. The normalized spacial score (nSPS) is 11.1. The van der Waals surface area contributed by atoms with Crippen molar-refractivity contribution >= 4 is 23.7 Å². The molecular weight excluding hydrogens is 238 g/mol. The lowest BCUT2D eigenvalue weighted by molar-refractivity contribution is -0.151. The quantitative estimate of drug-likeness (QED) is 0.504. The van der Waals surface area contributed by atoms with Crippen LogP contribution in [0, 0.1) is 0 Å². The number of rotatable bonds is 4. The van der Waals surface area contributed by atoms with E-state index in [9.17, 15) is 4.79 Å². The summed E-state index contributed by atoms with van der Waals surface area (Å²) in [5.41, 5.74) is -0.445. The van der Waals surface area contributed by atoms with Crippen molar-refractivity contribution in [2.45, 2.75) is 31.4 Å². The first-order chi connectivity index (χ1) is 7.90. The number of esters is 1. The molecule has 94 valence electrons. The molecule has 0 aliphatic rings. The van der Waals surface area contributed by atoms with Crippen molar-refractivity contribution in [3.63, 3.8) is 0 Å². The summed E-state index contributed by atoms with van der Waals surface area (Å²) < 4.78 is 5.20. The van der Waals surface area contributed by atoms with E-state index >= 15 is 0 Å². The van der Waals surface area contributed by atoms with Gasteiger partial charge in [-0.15, -0.1) is 0 Å². The van der Waals surface area contributed by atoms with E-state index in [2.05, 4.69) is 15.3 Å². The maximum absolute atomic E-state index is 11.5. The number of carbonyl (C=O) groups is 1. The van der Waals surface area contributed by atoms with Gasteiger partial charge in [-0.2, -0.15) is 0 Å². The van der Waals surface area contributed by atoms with Gasteiger partial charge in [0.1, 0.15) is 10.6 Å². The predicted octanol–water partition coefficient (Wildman–Crippen LogP) is 1.95. The standard InChI is InChI=1S/C11H17N3O2S/c1-11(2,3)16-9(15)7-17-8-5-6-13-10(12-4)14-8/h5-6H,7H2,1-4H3,(H,12,13,14). The van der Waals surface area contributed by atoms with E-state index in [0.717, 1.165) is 5.03 Å². The molecule has 0 bridgehead atoms. The van der Waals surface area contributed by atoms with Crippen molar-refractivity contribution in [1.29, 1.82) is 0 Å². The fourth-order valence-electron chi connectivity index (χ4n) is 1.05. The number of hydrogen-bond donors (Lipinski definition) is 1. The zero-order valence-electron chi connectivity index (χ0n) is 10.5. The highest BCUT2D eigenvalue weighted by molar-refractivity contribution is 7.99. The number of anilines is 1. The van der Waals surface area contributed by atoms with Gasteiger partial charge in [-0.3, -0.25) is 4.79 Å². The fourth-order valence-corrected chi connectivity index (χ4v) is 1.68. The summed E-state index contributed by atoms with van der Waals surface area (Å²) in [6.07, 6.45) is 1.65. The number of nitrogens with zero attached hydrogens (tertiary/aromatic N) is 2. The first kappa shape index (κ1) is 13.8. The van der Waals surface area contributed by atoms with Crippen molar-refractivity contribution in [1.82, 2.24) is 9.97 Å². The lowest BCUT2D eigenvalue weighted by Gasteiger charge is -2.19. The summed E-state index contributed by atoms with van der Waals surface area (Å²) in [7, 11) is 1.75. The lowest BCUT2D eigenvalue weighted by atomic mass is 10.2. The van der Waals surface area contributed by atoms with Crippen LogP contribution in [0.5, 0.6) is 0 Å². The Labute approximate surface area is 105 Å². The smallest absolute Gasteiger partial charge is 0.316 e. The Morgan fingerprint density at radius 2 is 2.24 bits per heavy atom. The van der Waals surface area contributed by atoms with E-state index in [1.54, 1.807) is 19.3 Å². The van der Waals surface area contributed by atoms with E-state index in [-0.39, 0.29) is 11.7 Å². The number of aromatic nitrogens is 2. The molecule has 0 aliphatic heterocycles. The minimum absolute atomic E-state index is 0.243. The van der Waals surface area contributed by atoms with Crippen LogP contribution >= 0.6 is 11.8 Å². The van der Waals surface area contributed by atoms with E-state index in [1.165, 1.54) is 11.8 Å². The average molecular weight is 255 g/mol. The SMILES string of the molecule is CNc1nccc(SCC(=O)OC(C)(C)C)n1. The van der Waals surface area contributed by atoms with Crippen molar-refractivity contribution in [3.8, 4) is 0 Å². The van der Waals surface area contributed by atoms with E-state index in [0.29, 0.717) is 5.95 Å². The van der Waals surface area contributed by atoms with E-state index in [4.69, 9.17) is 4.74 Å². The number of hydrogen-bond acceptors (Lipinski definition) is 6. The van der Waals surface area contributed by atoms with Crippen LogP contribution < -0.4 is 5.32 Å². The van der Waals surface area contributed by atoms with Gasteiger partial charge in [0, 0.05) is 13.2 Å². The Morgan fingerprint density at radius 3 is 2.82 bits per heavy atom. The van der Waals surface area contributed by atoms with Gasteiger partial charge in [0.2, 0.25) is 5.95 Å². The third-order valence-electron chi connectivity index (χ3n) is 1.61. The molecule has 1 heterocycles. The number of carbonyl (C=O) groups excluding carboxylic acids is 1. The van der Waals surface area contributed by atoms with Gasteiger partial charge in [0.25, 0.3) is 0 Å². The fraction of sp³-hybridized carbons (Fsp3) is 0.545. The van der Waals surface area contributed by atoms with Crippen LogP contribution in [-0.2, 0) is 9.53 Å². The van der Waals surface area contributed by atoms with Gasteiger partial charge in [0.15, 0.2) is 0 Å². The molecule has 0 saturated carbocycles. The minimum Gasteiger partial charge on any atom is -0.459 e. The van der Waals surface area contributed by atoms with E-state index in [1.807, 2.05) is 20.8 Å². The van der Waals surface area contributed by atoms with Crippen molar-refractivity contribution < 1.29 is 9.53 Å². The molecule has 0 amide bonds. The largest absolute Gasteiger partial charge is 0.459 e. The molecule has 0 aromatic carbocycles. The highest BCUT2D eigenvalue weighted by Crippen LogP contribution is 2.17. The number of thioether (sulfide) groups is 1. The van der Waals surface area contributed by atoms with Gasteiger partial charge in [-0.25, -0.2) is 9.97 Å². The van der Waals surface area contributed by atoms with E-state index < -0.39 is 5.60 Å². The topological polar surface area (TPSA) is 64.1 Å². The first-order valence-corrected chi connectivity index (χ1v) is 6.25. The molecule has 17 heavy (non-hydrogen) atoms. The molecule has 5 nitrogen and oxygen atoms in total. The molecule has 1 aromatic rings. The van der Waals surface area contributed by atoms with Crippen LogP contribution in [0.15, 0.2) is 17.3 Å². The second-order valence-corrected chi connectivity index (χ2v) is 5.34. The average Bonchev–Trinajstić information content (AvgIpc) is 2.24. The second kappa shape index (κ2) is 5.86. The van der Waals surface area contributed by atoms with Gasteiger partial charge >= 0.3 is 5.97 Å². The highest BCUT2D eigenvalue weighted by atomic mass is 32.2. The molecule has 0 saturated heterocycles. The molecule has 0 atom stereocenters. The molecule has 1 aromatic heterocycles. The first-order valence-electron chi connectivity index (χ1n) is 5.26. The highest BCUT2D eigenvalue weighted by Gasteiger charge is 2.16. The Morgan fingerprint density at radius 1 is 1.53 bits per heavy atom. The summed E-state index contributed by atoms with van der Waals surface area (Å²) in [5.74, 6) is 0.545. The zero-order valence-corrected chi connectivity index (χ0v) is 11.3. The predicted molar refractivity (Wildman–Crippen MR) is 68.1 cm³/mol. The molecule has 6 heteroatoms. The van der Waals surface area contributed by atoms with Gasteiger partial charge < -0.3 is 10.1 Å². The van der Waals surface area contributed by atoms with Gasteiger partial charge in [-0.1, -0.05) is 11.8 Å². The van der Waals surface area contributed by atoms with Gasteiger partial charge in [-0.05, 0) is 26.8 Å². The van der Waals surface area contributed by atoms with Crippen LogP contribution in [0.25, 0.3) is 0 Å². The molecular formula is C11H17N3O2S. The monoisotopic (exact) mass is 255 g/mol. The molecule has 1 rings (SSSR count). The molecule has 0 radical (unpaired) electrons. The van der Waals surface area contributed by atoms with Crippen molar-refractivity contribution in [2.75, 3.05) is 18.1 Å². The van der Waals surface area contributed by atoms with Crippen molar-refractivity contribution in [3.05, 3.63) is 12.3 Å². The molecule has 0 unspecified atom stereocenters. The van der Waals surface area contributed by atoms with Crippen LogP contribution in [0.2, 0.25) is 0 Å². The van der Waals surface area contributed by atoms with Crippen LogP contribution in [0.3, 0.4) is 0 Å². The third kappa shape index (κ3) is 5.53. The molecule has 0 aliphatic carbocycles. The Balaban J connectivity index is 2.47. The molecule has 0 spiro atoms. The third-order valence-corrected chi connectivity index (χ3v) is 2.51. The number of ether oxygens (including phenoxy) is 1. The molecule has 0 fully saturated rings. The Kier molecular flexibility index (Phi) is 4.74. The van der Waals surface area contributed by atoms with Crippen LogP contribution in [-0.4, -0.2) is 34.3 Å². The van der Waals surface area contributed by atoms with Crippen molar-refractivity contribution in [2.24, 2.45) is 0 Å². The summed E-state index contributed by atoms with van der Waals surface area (Å²) in [5, 5.41) is 3.59. The van der Waals surface area contributed by atoms with Crippen LogP contribution in [0.1, 0.15) is 20.8 Å². The van der Waals surface area contributed by atoms with Gasteiger partial charge in [0.05, 0.1) is 5.75 Å². The minimum atomic E-state index is -0.445. The number of nitrogens with one attached hydrogen (secondary N) is 1. The second-order valence-electron chi connectivity index (χ2n) is 4.34. The summed E-state index contributed by atoms with van der Waals surface area (Å²) in [6.45, 7) is 5.54. The Bertz CT molecular complexity index is 391. The van der Waals surface area contributed by atoms with Crippen LogP contribution in [0.4, 0.5) is 5.95 Å². The summed E-state index contributed by atoms with van der Waals surface area (Å²) in [6, 6.07) is 1.76. The Hall–Kier alpha value is -1.30.